The van der Waals surface area contributed by atoms with Gasteiger partial charge in [0.05, 0.1) is 5.88 Å². The van der Waals surface area contributed by atoms with Gasteiger partial charge in [-0.2, -0.15) is 0 Å². The Balaban J connectivity index is 2.89. The molecule has 5 heteroatoms. The fraction of sp³-hybridized carbons (Fsp3) is 0.615. The van der Waals surface area contributed by atoms with Gasteiger partial charge in [-0.3, -0.25) is 0 Å². The molecule has 0 aliphatic rings. The van der Waals surface area contributed by atoms with Crippen molar-refractivity contribution in [2.45, 2.75) is 19.2 Å². The van der Waals surface area contributed by atoms with Crippen LogP contribution in [0.15, 0.2) is 16.7 Å². The van der Waals surface area contributed by atoms with Crippen molar-refractivity contribution in [2.75, 3.05) is 38.6 Å². The second kappa shape index (κ2) is 7.97. The SMILES string of the molecule is CCCN(CCN(C)C)c1ncc(Br)cc1CCl. The summed E-state index contributed by atoms with van der Waals surface area (Å²) in [5, 5.41) is 0. The molecule has 0 bridgehead atoms. The summed E-state index contributed by atoms with van der Waals surface area (Å²) in [7, 11) is 4.17. The van der Waals surface area contributed by atoms with Crippen molar-refractivity contribution in [2.24, 2.45) is 0 Å². The lowest BCUT2D eigenvalue weighted by Crippen LogP contribution is -2.33. The molecule has 0 amide bonds. The van der Waals surface area contributed by atoms with E-state index in [1.165, 1.54) is 0 Å². The van der Waals surface area contributed by atoms with E-state index in [0.717, 1.165) is 41.9 Å². The van der Waals surface area contributed by atoms with Crippen LogP contribution < -0.4 is 4.90 Å². The Morgan fingerprint density at radius 2 is 2.00 bits per heavy atom. The van der Waals surface area contributed by atoms with Gasteiger partial charge in [-0.1, -0.05) is 6.92 Å². The summed E-state index contributed by atoms with van der Waals surface area (Å²) in [6.45, 7) is 5.17. The largest absolute Gasteiger partial charge is 0.355 e. The quantitative estimate of drug-likeness (QED) is 0.713. The first-order valence-corrected chi connectivity index (χ1v) is 7.51. The number of rotatable bonds is 7. The lowest BCUT2D eigenvalue weighted by atomic mass is 10.2. The maximum atomic E-state index is 6.01. The standard InChI is InChI=1S/C13H21BrClN3/c1-4-5-18(7-6-17(2)3)13-11(9-15)8-12(14)10-16-13/h8,10H,4-7,9H2,1-3H3. The van der Waals surface area contributed by atoms with Crippen molar-refractivity contribution >= 4 is 33.3 Å². The maximum Gasteiger partial charge on any atom is 0.133 e. The highest BCUT2D eigenvalue weighted by Crippen LogP contribution is 2.23. The average molecular weight is 335 g/mol. The smallest absolute Gasteiger partial charge is 0.133 e. The number of pyridine rings is 1. The van der Waals surface area contributed by atoms with Crippen molar-refractivity contribution in [3.8, 4) is 0 Å². The van der Waals surface area contributed by atoms with Gasteiger partial charge in [-0.15, -0.1) is 11.6 Å². The topological polar surface area (TPSA) is 19.4 Å². The van der Waals surface area contributed by atoms with Crippen LogP contribution in [0.4, 0.5) is 5.82 Å². The summed E-state index contributed by atoms with van der Waals surface area (Å²) >= 11 is 9.45. The minimum Gasteiger partial charge on any atom is -0.355 e. The van der Waals surface area contributed by atoms with Crippen LogP contribution in [-0.2, 0) is 5.88 Å². The van der Waals surface area contributed by atoms with E-state index in [9.17, 15) is 0 Å². The Labute approximate surface area is 123 Å². The fourth-order valence-corrected chi connectivity index (χ4v) is 2.35. The zero-order valence-corrected chi connectivity index (χ0v) is 13.6. The van der Waals surface area contributed by atoms with E-state index in [0.29, 0.717) is 5.88 Å². The molecular formula is C13H21BrClN3. The van der Waals surface area contributed by atoms with Crippen LogP contribution in [0.3, 0.4) is 0 Å². The summed E-state index contributed by atoms with van der Waals surface area (Å²) in [5.41, 5.74) is 1.08. The molecular weight excluding hydrogens is 314 g/mol. The van der Waals surface area contributed by atoms with E-state index < -0.39 is 0 Å². The molecule has 0 aliphatic carbocycles. The van der Waals surface area contributed by atoms with Crippen LogP contribution in [0.1, 0.15) is 18.9 Å². The molecule has 1 aromatic heterocycles. The molecule has 0 spiro atoms. The number of nitrogens with zero attached hydrogens (tertiary/aromatic N) is 3. The summed E-state index contributed by atoms with van der Waals surface area (Å²) in [6, 6.07) is 2.05. The summed E-state index contributed by atoms with van der Waals surface area (Å²) < 4.78 is 0.978. The van der Waals surface area contributed by atoms with Gasteiger partial charge >= 0.3 is 0 Å². The minimum atomic E-state index is 0.490. The maximum absolute atomic E-state index is 6.01. The van der Waals surface area contributed by atoms with Gasteiger partial charge in [0.2, 0.25) is 0 Å². The van der Waals surface area contributed by atoms with E-state index in [-0.39, 0.29) is 0 Å². The molecule has 102 valence electrons. The highest BCUT2D eigenvalue weighted by molar-refractivity contribution is 9.10. The van der Waals surface area contributed by atoms with Gasteiger partial charge in [-0.05, 0) is 42.5 Å². The van der Waals surface area contributed by atoms with Crippen LogP contribution in [0.25, 0.3) is 0 Å². The molecule has 0 saturated heterocycles. The van der Waals surface area contributed by atoms with Crippen molar-refractivity contribution in [1.29, 1.82) is 0 Å². The van der Waals surface area contributed by atoms with Gasteiger partial charge in [0.25, 0.3) is 0 Å². The lowest BCUT2D eigenvalue weighted by Gasteiger charge is -2.26. The minimum absolute atomic E-state index is 0.490. The molecule has 1 aromatic rings. The highest BCUT2D eigenvalue weighted by atomic mass is 79.9. The molecule has 18 heavy (non-hydrogen) atoms. The number of hydrogen-bond donors (Lipinski definition) is 0. The molecule has 0 saturated carbocycles. The number of anilines is 1. The highest BCUT2D eigenvalue weighted by Gasteiger charge is 2.12. The van der Waals surface area contributed by atoms with Crippen LogP contribution in [0.5, 0.6) is 0 Å². The number of halogens is 2. The molecule has 0 atom stereocenters. The van der Waals surface area contributed by atoms with Gasteiger partial charge < -0.3 is 9.80 Å². The summed E-state index contributed by atoms with van der Waals surface area (Å²) in [6.07, 6.45) is 2.94. The molecule has 0 aromatic carbocycles. The van der Waals surface area contributed by atoms with Gasteiger partial charge in [0, 0.05) is 35.9 Å². The number of likely N-dealkylation sites (N-methyl/N-ethyl adjacent to an activating group) is 1. The number of aromatic nitrogens is 1. The monoisotopic (exact) mass is 333 g/mol. The Kier molecular flexibility index (Phi) is 6.97. The lowest BCUT2D eigenvalue weighted by molar-refractivity contribution is 0.412. The molecule has 1 rings (SSSR count). The number of alkyl halides is 1. The molecule has 0 aliphatic heterocycles. The van der Waals surface area contributed by atoms with Crippen LogP contribution in [0.2, 0.25) is 0 Å². The molecule has 3 nitrogen and oxygen atoms in total. The predicted octanol–water partition coefficient (Wildman–Crippen LogP) is 3.36. The second-order valence-electron chi connectivity index (χ2n) is 4.56. The third-order valence-electron chi connectivity index (χ3n) is 2.66. The Hall–Kier alpha value is -0.320. The third-order valence-corrected chi connectivity index (χ3v) is 3.39. The van der Waals surface area contributed by atoms with Gasteiger partial charge in [-0.25, -0.2) is 4.98 Å². The Morgan fingerprint density at radius 1 is 1.28 bits per heavy atom. The van der Waals surface area contributed by atoms with Crippen molar-refractivity contribution in [3.63, 3.8) is 0 Å². The normalized spacial score (nSPS) is 11.0. The van der Waals surface area contributed by atoms with Gasteiger partial charge in [0.15, 0.2) is 0 Å². The zero-order valence-electron chi connectivity index (χ0n) is 11.3. The molecule has 0 N–H and O–H groups in total. The molecule has 0 radical (unpaired) electrons. The van der Waals surface area contributed by atoms with E-state index in [1.54, 1.807) is 0 Å². The van der Waals surface area contributed by atoms with Crippen molar-refractivity contribution in [3.05, 3.63) is 22.3 Å². The van der Waals surface area contributed by atoms with E-state index in [4.69, 9.17) is 11.6 Å². The van der Waals surface area contributed by atoms with Crippen LogP contribution >= 0.6 is 27.5 Å². The first-order valence-electron chi connectivity index (χ1n) is 6.18. The first-order chi connectivity index (χ1) is 8.58. The number of hydrogen-bond acceptors (Lipinski definition) is 3. The Morgan fingerprint density at radius 3 is 2.56 bits per heavy atom. The van der Waals surface area contributed by atoms with Crippen molar-refractivity contribution < 1.29 is 0 Å². The fourth-order valence-electron chi connectivity index (χ4n) is 1.77. The molecule has 1 heterocycles. The predicted molar refractivity (Wildman–Crippen MR) is 82.6 cm³/mol. The Bertz CT molecular complexity index is 371. The first kappa shape index (κ1) is 15.7. The second-order valence-corrected chi connectivity index (χ2v) is 5.74. The third kappa shape index (κ3) is 4.75. The molecule has 0 fully saturated rings. The van der Waals surface area contributed by atoms with Gasteiger partial charge in [0.1, 0.15) is 5.82 Å². The van der Waals surface area contributed by atoms with E-state index in [1.807, 2.05) is 12.3 Å². The average Bonchev–Trinajstić information content (AvgIpc) is 2.34. The van der Waals surface area contributed by atoms with E-state index in [2.05, 4.69) is 51.7 Å². The molecule has 0 unspecified atom stereocenters. The van der Waals surface area contributed by atoms with E-state index >= 15 is 0 Å². The summed E-state index contributed by atoms with van der Waals surface area (Å²) in [4.78, 5) is 9.01. The van der Waals surface area contributed by atoms with Crippen LogP contribution in [-0.4, -0.2) is 43.6 Å². The summed E-state index contributed by atoms with van der Waals surface area (Å²) in [5.74, 6) is 1.50. The van der Waals surface area contributed by atoms with Crippen LogP contribution in [0, 0.1) is 0 Å². The zero-order chi connectivity index (χ0) is 13.5. The van der Waals surface area contributed by atoms with Crippen molar-refractivity contribution in [1.82, 2.24) is 9.88 Å².